The molecule has 156 valence electrons. The molecule has 0 radical (unpaired) electrons. The van der Waals surface area contributed by atoms with Crippen molar-refractivity contribution in [3.05, 3.63) is 57.5 Å². The van der Waals surface area contributed by atoms with Crippen LogP contribution < -0.4 is 10.2 Å². The number of benzene rings is 1. The number of piperidine rings is 1. The van der Waals surface area contributed by atoms with Gasteiger partial charge < -0.3 is 10.2 Å². The van der Waals surface area contributed by atoms with Crippen LogP contribution in [0, 0.1) is 26.7 Å². The van der Waals surface area contributed by atoms with Crippen molar-refractivity contribution in [1.82, 2.24) is 20.5 Å². The molecule has 3 heterocycles. The van der Waals surface area contributed by atoms with Gasteiger partial charge in [-0.2, -0.15) is 0 Å². The molecule has 0 aliphatic carbocycles. The molecule has 1 N–H and O–H groups in total. The van der Waals surface area contributed by atoms with Crippen molar-refractivity contribution in [1.29, 1.82) is 0 Å². The summed E-state index contributed by atoms with van der Waals surface area (Å²) in [7, 11) is 0. The number of hydrogen-bond acceptors (Lipinski definition) is 6. The molecular formula is C23H27N5OS. The van der Waals surface area contributed by atoms with Crippen LogP contribution in [0.1, 0.15) is 34.0 Å². The second-order valence-corrected chi connectivity index (χ2v) is 9.12. The Kier molecular flexibility index (Phi) is 6.08. The molecule has 3 aromatic rings. The van der Waals surface area contributed by atoms with Gasteiger partial charge in [0, 0.05) is 23.5 Å². The van der Waals surface area contributed by atoms with Gasteiger partial charge in [-0.05, 0) is 51.3 Å². The summed E-state index contributed by atoms with van der Waals surface area (Å²) >= 11 is 1.65. The highest BCUT2D eigenvalue weighted by atomic mass is 32.1. The molecule has 1 unspecified atom stereocenters. The van der Waals surface area contributed by atoms with Crippen molar-refractivity contribution in [2.75, 3.05) is 18.0 Å². The van der Waals surface area contributed by atoms with Crippen molar-refractivity contribution >= 4 is 23.1 Å². The second kappa shape index (κ2) is 8.92. The van der Waals surface area contributed by atoms with E-state index >= 15 is 0 Å². The fraction of sp³-hybridized carbons (Fsp3) is 0.391. The van der Waals surface area contributed by atoms with E-state index in [1.54, 1.807) is 11.3 Å². The average Bonchev–Trinajstić information content (AvgIpc) is 3.09. The van der Waals surface area contributed by atoms with Crippen LogP contribution >= 0.6 is 11.3 Å². The van der Waals surface area contributed by atoms with Crippen LogP contribution in [-0.4, -0.2) is 34.2 Å². The Labute approximate surface area is 181 Å². The molecule has 0 saturated carbocycles. The summed E-state index contributed by atoms with van der Waals surface area (Å²) in [5.41, 5.74) is 4.16. The lowest BCUT2D eigenvalue weighted by Gasteiger charge is -2.32. The van der Waals surface area contributed by atoms with Crippen LogP contribution in [0.15, 0.2) is 36.4 Å². The number of carbonyl (C=O) groups is 1. The minimum absolute atomic E-state index is 0.0362. The highest BCUT2D eigenvalue weighted by molar-refractivity contribution is 7.11. The number of thiazole rings is 1. The molecule has 7 heteroatoms. The van der Waals surface area contributed by atoms with E-state index in [0.717, 1.165) is 52.0 Å². The van der Waals surface area contributed by atoms with Crippen molar-refractivity contribution in [3.63, 3.8) is 0 Å². The SMILES string of the molecule is Cc1nc(C)c(CNC(=O)C2CCCN(c3ccc(-c4ccccc4C)nn3)C2)s1. The largest absolute Gasteiger partial charge is 0.354 e. The number of nitrogens with one attached hydrogen (secondary N) is 1. The van der Waals surface area contributed by atoms with E-state index < -0.39 is 0 Å². The minimum Gasteiger partial charge on any atom is -0.354 e. The Morgan fingerprint density at radius 2 is 2.00 bits per heavy atom. The lowest BCUT2D eigenvalue weighted by atomic mass is 9.97. The Bertz CT molecular complexity index is 1030. The lowest BCUT2D eigenvalue weighted by molar-refractivity contribution is -0.125. The topological polar surface area (TPSA) is 71.0 Å². The van der Waals surface area contributed by atoms with Gasteiger partial charge in [0.15, 0.2) is 5.82 Å². The number of carbonyl (C=O) groups excluding carboxylic acids is 1. The lowest BCUT2D eigenvalue weighted by Crippen LogP contribution is -2.43. The van der Waals surface area contributed by atoms with Crippen LogP contribution in [0.5, 0.6) is 0 Å². The average molecular weight is 422 g/mol. The first-order valence-electron chi connectivity index (χ1n) is 10.4. The predicted molar refractivity (Wildman–Crippen MR) is 121 cm³/mol. The molecule has 1 amide bonds. The number of anilines is 1. The summed E-state index contributed by atoms with van der Waals surface area (Å²) in [6.07, 6.45) is 1.87. The summed E-state index contributed by atoms with van der Waals surface area (Å²) in [4.78, 5) is 20.5. The summed E-state index contributed by atoms with van der Waals surface area (Å²) in [5.74, 6) is 0.902. The van der Waals surface area contributed by atoms with Crippen molar-refractivity contribution in [3.8, 4) is 11.3 Å². The van der Waals surface area contributed by atoms with Crippen molar-refractivity contribution in [2.24, 2.45) is 5.92 Å². The summed E-state index contributed by atoms with van der Waals surface area (Å²) in [6, 6.07) is 12.2. The first-order chi connectivity index (χ1) is 14.5. The van der Waals surface area contributed by atoms with Crippen LogP contribution in [0.25, 0.3) is 11.3 Å². The van der Waals surface area contributed by atoms with Crippen LogP contribution in [-0.2, 0) is 11.3 Å². The highest BCUT2D eigenvalue weighted by Gasteiger charge is 2.27. The summed E-state index contributed by atoms with van der Waals surface area (Å²) in [5, 5.41) is 13.0. The summed E-state index contributed by atoms with van der Waals surface area (Å²) < 4.78 is 0. The molecule has 1 atom stereocenters. The van der Waals surface area contributed by atoms with E-state index in [-0.39, 0.29) is 11.8 Å². The number of aromatic nitrogens is 3. The zero-order valence-corrected chi connectivity index (χ0v) is 18.5. The van der Waals surface area contributed by atoms with Gasteiger partial charge in [-0.25, -0.2) is 4.98 Å². The molecule has 4 rings (SSSR count). The van der Waals surface area contributed by atoms with E-state index in [9.17, 15) is 4.79 Å². The molecule has 0 spiro atoms. The monoisotopic (exact) mass is 421 g/mol. The van der Waals surface area contributed by atoms with Gasteiger partial charge in [0.05, 0.1) is 28.9 Å². The Balaban J connectivity index is 1.39. The van der Waals surface area contributed by atoms with Gasteiger partial charge in [-0.3, -0.25) is 4.79 Å². The highest BCUT2D eigenvalue weighted by Crippen LogP contribution is 2.25. The quantitative estimate of drug-likeness (QED) is 0.673. The minimum atomic E-state index is -0.0362. The van der Waals surface area contributed by atoms with Crippen molar-refractivity contribution in [2.45, 2.75) is 40.2 Å². The van der Waals surface area contributed by atoms with Gasteiger partial charge in [-0.15, -0.1) is 21.5 Å². The van der Waals surface area contributed by atoms with Gasteiger partial charge in [0.1, 0.15) is 0 Å². The first kappa shape index (κ1) is 20.5. The molecule has 2 aromatic heterocycles. The maximum absolute atomic E-state index is 12.8. The van der Waals surface area contributed by atoms with Crippen LogP contribution in [0.3, 0.4) is 0 Å². The van der Waals surface area contributed by atoms with Crippen LogP contribution in [0.4, 0.5) is 5.82 Å². The fourth-order valence-electron chi connectivity index (χ4n) is 3.95. The zero-order valence-electron chi connectivity index (χ0n) is 17.7. The molecule has 1 aromatic carbocycles. The molecule has 1 saturated heterocycles. The molecule has 1 aliphatic rings. The van der Waals surface area contributed by atoms with Crippen molar-refractivity contribution < 1.29 is 4.79 Å². The number of rotatable bonds is 5. The number of amides is 1. The molecule has 1 fully saturated rings. The zero-order chi connectivity index (χ0) is 21.1. The molecular weight excluding hydrogens is 394 g/mol. The van der Waals surface area contributed by atoms with Gasteiger partial charge in [0.2, 0.25) is 5.91 Å². The normalized spacial score (nSPS) is 16.5. The maximum atomic E-state index is 12.8. The number of aryl methyl sites for hydroxylation is 3. The summed E-state index contributed by atoms with van der Waals surface area (Å²) in [6.45, 7) is 8.19. The third kappa shape index (κ3) is 4.51. The van der Waals surface area contributed by atoms with Gasteiger partial charge in [-0.1, -0.05) is 24.3 Å². The van der Waals surface area contributed by atoms with Gasteiger partial charge in [0.25, 0.3) is 0 Å². The van der Waals surface area contributed by atoms with Gasteiger partial charge >= 0.3 is 0 Å². The Morgan fingerprint density at radius 3 is 2.70 bits per heavy atom. The smallest absolute Gasteiger partial charge is 0.225 e. The standard InChI is InChI=1S/C23H27N5OS/c1-15-7-4-5-9-19(15)20-10-11-22(27-26-20)28-12-6-8-18(14-28)23(29)24-13-21-16(2)25-17(3)30-21/h4-5,7,9-11,18H,6,8,12-14H2,1-3H3,(H,24,29). The maximum Gasteiger partial charge on any atom is 0.225 e. The molecule has 30 heavy (non-hydrogen) atoms. The van der Waals surface area contributed by atoms with E-state index in [1.807, 2.05) is 38.1 Å². The predicted octanol–water partition coefficient (Wildman–Crippen LogP) is 4.06. The molecule has 6 nitrogen and oxygen atoms in total. The van der Waals surface area contributed by atoms with E-state index in [0.29, 0.717) is 13.1 Å². The number of nitrogens with zero attached hydrogens (tertiary/aromatic N) is 4. The van der Waals surface area contributed by atoms with E-state index in [4.69, 9.17) is 0 Å². The fourth-order valence-corrected chi connectivity index (χ4v) is 4.82. The van der Waals surface area contributed by atoms with Crippen LogP contribution in [0.2, 0.25) is 0 Å². The van der Waals surface area contributed by atoms with E-state index in [1.165, 1.54) is 5.56 Å². The Hall–Kier alpha value is -2.80. The third-order valence-electron chi connectivity index (χ3n) is 5.61. The number of hydrogen-bond donors (Lipinski definition) is 1. The third-order valence-corrected chi connectivity index (χ3v) is 6.68. The molecule has 0 bridgehead atoms. The first-order valence-corrected chi connectivity index (χ1v) is 11.2. The second-order valence-electron chi connectivity index (χ2n) is 7.84. The molecule has 1 aliphatic heterocycles. The van der Waals surface area contributed by atoms with E-state index in [2.05, 4.69) is 44.5 Å². The Morgan fingerprint density at radius 1 is 1.17 bits per heavy atom.